The summed E-state index contributed by atoms with van der Waals surface area (Å²) in [7, 11) is 0. The Morgan fingerprint density at radius 1 is 0.931 bits per heavy atom. The van der Waals surface area contributed by atoms with Crippen LogP contribution in [0.2, 0.25) is 0 Å². The van der Waals surface area contributed by atoms with E-state index in [1.165, 1.54) is 0 Å². The van der Waals surface area contributed by atoms with Gasteiger partial charge in [-0.05, 0) is 48.0 Å². The van der Waals surface area contributed by atoms with Crippen molar-refractivity contribution in [3.63, 3.8) is 0 Å². The maximum Gasteiger partial charge on any atom is 0.417 e. The number of ether oxygens (including phenoxy) is 2. The molecule has 0 saturated heterocycles. The van der Waals surface area contributed by atoms with Crippen LogP contribution in [0, 0.1) is 0 Å². The molecule has 146 valence electrons. The van der Waals surface area contributed by atoms with Crippen LogP contribution in [0.4, 0.5) is 5.69 Å². The predicted octanol–water partition coefficient (Wildman–Crippen LogP) is 3.72. The van der Waals surface area contributed by atoms with Crippen LogP contribution in [0.25, 0.3) is 11.1 Å². The molecule has 29 heavy (non-hydrogen) atoms. The molecule has 0 aliphatic carbocycles. The minimum Gasteiger partial charge on any atom is -0.489 e. The fourth-order valence-electron chi connectivity index (χ4n) is 2.75. The molecular weight excluding hydrogens is 372 g/mol. The molecule has 0 unspecified atom stereocenters. The molecule has 4 rings (SSSR count). The number of carbonyl (C=O) groups excluding carboxylic acids is 1. The number of carbonyl (C=O) groups is 1. The number of aromatic nitrogens is 1. The van der Waals surface area contributed by atoms with Crippen LogP contribution in [-0.2, 0) is 11.4 Å². The number of aromatic amines is 1. The Morgan fingerprint density at radius 2 is 1.66 bits per heavy atom. The van der Waals surface area contributed by atoms with Crippen LogP contribution in [-0.4, -0.2) is 17.5 Å². The van der Waals surface area contributed by atoms with Gasteiger partial charge < -0.3 is 19.2 Å². The van der Waals surface area contributed by atoms with Gasteiger partial charge in [-0.15, -0.1) is 0 Å². The van der Waals surface area contributed by atoms with Gasteiger partial charge in [0.05, 0.1) is 5.52 Å². The van der Waals surface area contributed by atoms with Gasteiger partial charge in [0.25, 0.3) is 5.91 Å². The summed E-state index contributed by atoms with van der Waals surface area (Å²) in [5.74, 6) is 0.414. The molecular formula is C22H18N2O5. The van der Waals surface area contributed by atoms with E-state index in [-0.39, 0.29) is 12.5 Å². The first-order valence-corrected chi connectivity index (χ1v) is 8.98. The van der Waals surface area contributed by atoms with Crippen LogP contribution in [0.5, 0.6) is 11.5 Å². The fourth-order valence-corrected chi connectivity index (χ4v) is 2.75. The first-order chi connectivity index (χ1) is 14.2. The summed E-state index contributed by atoms with van der Waals surface area (Å²) in [6, 6.07) is 21.8. The number of H-pyrrole nitrogens is 1. The summed E-state index contributed by atoms with van der Waals surface area (Å²) in [6.07, 6.45) is 0. The number of benzene rings is 3. The Morgan fingerprint density at radius 3 is 2.41 bits per heavy atom. The predicted molar refractivity (Wildman–Crippen MR) is 108 cm³/mol. The molecule has 3 aromatic carbocycles. The first kappa shape index (κ1) is 18.4. The molecule has 1 amide bonds. The number of oxazole rings is 1. The van der Waals surface area contributed by atoms with E-state index >= 15 is 0 Å². The number of anilines is 1. The average Bonchev–Trinajstić information content (AvgIpc) is 3.11. The van der Waals surface area contributed by atoms with Crippen molar-refractivity contribution in [2.75, 3.05) is 11.9 Å². The van der Waals surface area contributed by atoms with E-state index in [0.29, 0.717) is 34.9 Å². The van der Waals surface area contributed by atoms with Crippen molar-refractivity contribution < 1.29 is 18.7 Å². The third kappa shape index (κ3) is 4.84. The Hall–Kier alpha value is -4.00. The van der Waals surface area contributed by atoms with Crippen LogP contribution < -0.4 is 20.5 Å². The zero-order chi connectivity index (χ0) is 20.1. The van der Waals surface area contributed by atoms with Crippen molar-refractivity contribution in [2.24, 2.45) is 0 Å². The molecule has 0 fully saturated rings. The Bertz CT molecular complexity index is 1160. The van der Waals surface area contributed by atoms with Gasteiger partial charge >= 0.3 is 5.76 Å². The van der Waals surface area contributed by atoms with Crippen molar-refractivity contribution >= 4 is 22.7 Å². The molecule has 7 nitrogen and oxygen atoms in total. The van der Waals surface area contributed by atoms with Gasteiger partial charge in [0.1, 0.15) is 18.1 Å². The minimum absolute atomic E-state index is 0.149. The highest BCUT2D eigenvalue weighted by molar-refractivity contribution is 5.93. The normalized spacial score (nSPS) is 10.6. The van der Waals surface area contributed by atoms with Gasteiger partial charge in [-0.25, -0.2) is 4.79 Å². The summed E-state index contributed by atoms with van der Waals surface area (Å²) in [5.41, 5.74) is 2.56. The number of nitrogens with one attached hydrogen (secondary N) is 2. The van der Waals surface area contributed by atoms with Crippen molar-refractivity contribution in [2.45, 2.75) is 6.61 Å². The maximum atomic E-state index is 12.1. The number of hydrogen-bond acceptors (Lipinski definition) is 5. The van der Waals surface area contributed by atoms with Crippen molar-refractivity contribution in [3.8, 4) is 11.5 Å². The van der Waals surface area contributed by atoms with Crippen molar-refractivity contribution in [1.29, 1.82) is 0 Å². The molecule has 0 spiro atoms. The summed E-state index contributed by atoms with van der Waals surface area (Å²) in [4.78, 5) is 25.8. The monoisotopic (exact) mass is 390 g/mol. The largest absolute Gasteiger partial charge is 0.489 e. The summed E-state index contributed by atoms with van der Waals surface area (Å²) in [6.45, 7) is 0.333. The van der Waals surface area contributed by atoms with E-state index < -0.39 is 5.76 Å². The second-order valence-electron chi connectivity index (χ2n) is 6.31. The number of rotatable bonds is 7. The van der Waals surface area contributed by atoms with E-state index in [4.69, 9.17) is 13.9 Å². The average molecular weight is 390 g/mol. The highest BCUT2D eigenvalue weighted by Gasteiger charge is 2.07. The molecule has 4 aromatic rings. The number of hydrogen-bond donors (Lipinski definition) is 2. The SMILES string of the molecule is O=C(COc1ccc(OCc2ccccc2)cc1)Nc1ccc2oc(=O)[nH]c2c1. The van der Waals surface area contributed by atoms with Gasteiger partial charge in [-0.3, -0.25) is 9.78 Å². The quantitative estimate of drug-likeness (QED) is 0.502. The minimum atomic E-state index is -0.539. The lowest BCUT2D eigenvalue weighted by Crippen LogP contribution is -2.20. The zero-order valence-corrected chi connectivity index (χ0v) is 15.4. The van der Waals surface area contributed by atoms with Gasteiger partial charge in [-0.2, -0.15) is 0 Å². The smallest absolute Gasteiger partial charge is 0.417 e. The maximum absolute atomic E-state index is 12.1. The fraction of sp³-hybridized carbons (Fsp3) is 0.0909. The topological polar surface area (TPSA) is 93.6 Å². The third-order valence-electron chi connectivity index (χ3n) is 4.14. The standard InChI is InChI=1S/C22H18N2O5/c25-21(23-16-6-11-20-19(12-16)24-22(26)29-20)14-28-18-9-7-17(8-10-18)27-13-15-4-2-1-3-5-15/h1-12H,13-14H2,(H,23,25)(H,24,26). The molecule has 0 aliphatic rings. The van der Waals surface area contributed by atoms with Crippen LogP contribution in [0.3, 0.4) is 0 Å². The van der Waals surface area contributed by atoms with Crippen LogP contribution >= 0.6 is 0 Å². The van der Waals surface area contributed by atoms with E-state index in [1.807, 2.05) is 30.3 Å². The van der Waals surface area contributed by atoms with E-state index in [2.05, 4.69) is 10.3 Å². The molecule has 2 N–H and O–H groups in total. The van der Waals surface area contributed by atoms with E-state index in [9.17, 15) is 9.59 Å². The summed E-state index contributed by atoms with van der Waals surface area (Å²) in [5, 5.41) is 2.71. The molecule has 7 heteroatoms. The lowest BCUT2D eigenvalue weighted by atomic mass is 10.2. The Kier molecular flexibility index (Phi) is 5.29. The van der Waals surface area contributed by atoms with E-state index in [1.54, 1.807) is 42.5 Å². The first-order valence-electron chi connectivity index (χ1n) is 8.98. The molecule has 1 aromatic heterocycles. The molecule has 0 aliphatic heterocycles. The molecule has 0 bridgehead atoms. The van der Waals surface area contributed by atoms with Gasteiger partial charge in [0.2, 0.25) is 0 Å². The number of amides is 1. The molecule has 0 radical (unpaired) electrons. The summed E-state index contributed by atoms with van der Waals surface area (Å²) < 4.78 is 16.2. The van der Waals surface area contributed by atoms with Crippen LogP contribution in [0.15, 0.2) is 82.0 Å². The van der Waals surface area contributed by atoms with Gasteiger partial charge in [-0.1, -0.05) is 30.3 Å². The summed E-state index contributed by atoms with van der Waals surface area (Å²) >= 11 is 0. The third-order valence-corrected chi connectivity index (χ3v) is 4.14. The second-order valence-corrected chi connectivity index (χ2v) is 6.31. The lowest BCUT2D eigenvalue weighted by molar-refractivity contribution is -0.118. The Labute approximate surface area is 165 Å². The van der Waals surface area contributed by atoms with Gasteiger partial charge in [0, 0.05) is 5.69 Å². The Balaban J connectivity index is 1.27. The van der Waals surface area contributed by atoms with E-state index in [0.717, 1.165) is 5.56 Å². The molecule has 0 atom stereocenters. The van der Waals surface area contributed by atoms with Gasteiger partial charge in [0.15, 0.2) is 12.2 Å². The highest BCUT2D eigenvalue weighted by atomic mass is 16.5. The van der Waals surface area contributed by atoms with Crippen LogP contribution in [0.1, 0.15) is 5.56 Å². The molecule has 0 saturated carbocycles. The lowest BCUT2D eigenvalue weighted by Gasteiger charge is -2.09. The van der Waals surface area contributed by atoms with Crippen molar-refractivity contribution in [1.82, 2.24) is 4.98 Å². The highest BCUT2D eigenvalue weighted by Crippen LogP contribution is 2.19. The molecule has 1 heterocycles. The number of fused-ring (bicyclic) bond motifs is 1. The van der Waals surface area contributed by atoms with Crippen molar-refractivity contribution in [3.05, 3.63) is 88.9 Å². The zero-order valence-electron chi connectivity index (χ0n) is 15.4. The second kappa shape index (κ2) is 8.35.